The second kappa shape index (κ2) is 6.71. The van der Waals surface area contributed by atoms with Crippen molar-refractivity contribution in [3.8, 4) is 0 Å². The second-order valence-electron chi connectivity index (χ2n) is 4.93. The summed E-state index contributed by atoms with van der Waals surface area (Å²) in [4.78, 5) is 14.7. The smallest absolute Gasteiger partial charge is 0.247 e. The number of tetrazole rings is 1. The Morgan fingerprint density at radius 3 is 2.67 bits per heavy atom. The van der Waals surface area contributed by atoms with Gasteiger partial charge in [0.25, 0.3) is 0 Å². The standard InChI is InChI=1S/C14H17N5OS/c20-14(18-6-8-21-9-7-18)13(19-11-15-16-17-19)10-12-4-2-1-3-5-12/h1-5,11,13H,6-10H2/t13-/m0/s1. The normalized spacial score (nSPS) is 16.7. The molecule has 7 heteroatoms. The third-order valence-electron chi connectivity index (χ3n) is 3.56. The van der Waals surface area contributed by atoms with E-state index in [1.54, 1.807) is 4.68 Å². The van der Waals surface area contributed by atoms with Crippen LogP contribution >= 0.6 is 11.8 Å². The zero-order chi connectivity index (χ0) is 14.5. The van der Waals surface area contributed by atoms with Gasteiger partial charge in [-0.1, -0.05) is 30.3 Å². The van der Waals surface area contributed by atoms with Crippen molar-refractivity contribution in [1.82, 2.24) is 25.1 Å². The Kier molecular flexibility index (Phi) is 4.49. The zero-order valence-corrected chi connectivity index (χ0v) is 12.4. The van der Waals surface area contributed by atoms with Gasteiger partial charge in [0, 0.05) is 31.0 Å². The van der Waals surface area contributed by atoms with Crippen LogP contribution in [0.3, 0.4) is 0 Å². The number of carbonyl (C=O) groups is 1. The van der Waals surface area contributed by atoms with Crippen LogP contribution < -0.4 is 0 Å². The van der Waals surface area contributed by atoms with Crippen LogP contribution in [0.1, 0.15) is 11.6 Å². The maximum Gasteiger partial charge on any atom is 0.247 e. The zero-order valence-electron chi connectivity index (χ0n) is 11.6. The van der Waals surface area contributed by atoms with E-state index in [4.69, 9.17) is 0 Å². The summed E-state index contributed by atoms with van der Waals surface area (Å²) in [6.07, 6.45) is 2.12. The maximum atomic E-state index is 12.8. The summed E-state index contributed by atoms with van der Waals surface area (Å²) < 4.78 is 1.57. The highest BCUT2D eigenvalue weighted by Crippen LogP contribution is 2.19. The Balaban J connectivity index is 1.80. The lowest BCUT2D eigenvalue weighted by atomic mass is 10.0. The Bertz CT molecular complexity index is 568. The quantitative estimate of drug-likeness (QED) is 0.844. The van der Waals surface area contributed by atoms with Crippen molar-refractivity contribution in [1.29, 1.82) is 0 Å². The Morgan fingerprint density at radius 2 is 2.00 bits per heavy atom. The van der Waals surface area contributed by atoms with Crippen LogP contribution in [-0.4, -0.2) is 55.6 Å². The Morgan fingerprint density at radius 1 is 1.24 bits per heavy atom. The molecule has 0 unspecified atom stereocenters. The molecule has 0 N–H and O–H groups in total. The molecular weight excluding hydrogens is 286 g/mol. The van der Waals surface area contributed by atoms with Crippen LogP contribution in [0, 0.1) is 0 Å². The fraction of sp³-hybridized carbons (Fsp3) is 0.429. The van der Waals surface area contributed by atoms with Gasteiger partial charge in [0.2, 0.25) is 5.91 Å². The van der Waals surface area contributed by atoms with Crippen LogP contribution in [-0.2, 0) is 11.2 Å². The third-order valence-corrected chi connectivity index (χ3v) is 4.51. The van der Waals surface area contributed by atoms with E-state index < -0.39 is 0 Å². The van der Waals surface area contributed by atoms with Gasteiger partial charge in [-0.15, -0.1) is 5.10 Å². The van der Waals surface area contributed by atoms with Crippen molar-refractivity contribution in [2.24, 2.45) is 0 Å². The molecule has 110 valence electrons. The SMILES string of the molecule is O=C([C@H](Cc1ccccc1)n1cnnn1)N1CCSCC1. The third kappa shape index (κ3) is 3.41. The van der Waals surface area contributed by atoms with Crippen LogP contribution in [0.2, 0.25) is 0 Å². The number of carbonyl (C=O) groups excluding carboxylic acids is 1. The van der Waals surface area contributed by atoms with Gasteiger partial charge in [0.05, 0.1) is 0 Å². The van der Waals surface area contributed by atoms with Gasteiger partial charge in [-0.25, -0.2) is 4.68 Å². The molecule has 3 rings (SSSR count). The molecule has 0 spiro atoms. The molecule has 0 bridgehead atoms. The lowest BCUT2D eigenvalue weighted by molar-refractivity contribution is -0.134. The van der Waals surface area contributed by atoms with E-state index in [1.165, 1.54) is 6.33 Å². The molecule has 21 heavy (non-hydrogen) atoms. The predicted octanol–water partition coefficient (Wildman–Crippen LogP) is 1.03. The largest absolute Gasteiger partial charge is 0.339 e. The van der Waals surface area contributed by atoms with Crippen molar-refractivity contribution >= 4 is 17.7 Å². The molecular formula is C14H17N5OS. The summed E-state index contributed by atoms with van der Waals surface area (Å²) in [5, 5.41) is 11.3. The lowest BCUT2D eigenvalue weighted by Crippen LogP contribution is -2.43. The molecule has 0 radical (unpaired) electrons. The van der Waals surface area contributed by atoms with Gasteiger partial charge in [0.15, 0.2) is 0 Å². The van der Waals surface area contributed by atoms with Crippen molar-refractivity contribution in [2.75, 3.05) is 24.6 Å². The molecule has 1 aromatic carbocycles. The molecule has 2 heterocycles. The summed E-state index contributed by atoms with van der Waals surface area (Å²) in [5.74, 6) is 2.10. The topological polar surface area (TPSA) is 63.9 Å². The first-order chi connectivity index (χ1) is 10.3. The highest BCUT2D eigenvalue weighted by atomic mass is 32.2. The molecule has 6 nitrogen and oxygen atoms in total. The number of hydrogen-bond acceptors (Lipinski definition) is 5. The minimum absolute atomic E-state index is 0.103. The van der Waals surface area contributed by atoms with E-state index in [1.807, 2.05) is 47.0 Å². The minimum atomic E-state index is -0.370. The summed E-state index contributed by atoms with van der Waals surface area (Å²) in [6.45, 7) is 1.60. The minimum Gasteiger partial charge on any atom is -0.339 e. The number of rotatable bonds is 4. The number of amides is 1. The first-order valence-electron chi connectivity index (χ1n) is 6.97. The summed E-state index contributed by atoms with van der Waals surface area (Å²) in [5.41, 5.74) is 1.11. The van der Waals surface area contributed by atoms with Gasteiger partial charge in [-0.05, 0) is 16.0 Å². The molecule has 1 fully saturated rings. The van der Waals surface area contributed by atoms with Crippen LogP contribution in [0.5, 0.6) is 0 Å². The fourth-order valence-electron chi connectivity index (χ4n) is 2.44. The predicted molar refractivity (Wildman–Crippen MR) is 80.9 cm³/mol. The first kappa shape index (κ1) is 14.1. The van der Waals surface area contributed by atoms with Gasteiger partial charge in [-0.3, -0.25) is 4.79 Å². The summed E-state index contributed by atoms with van der Waals surface area (Å²) in [7, 11) is 0. The number of nitrogens with zero attached hydrogens (tertiary/aromatic N) is 5. The Labute approximate surface area is 127 Å². The van der Waals surface area contributed by atoms with Crippen LogP contribution in [0.4, 0.5) is 0 Å². The van der Waals surface area contributed by atoms with Crippen LogP contribution in [0.25, 0.3) is 0 Å². The molecule has 2 aromatic rings. The summed E-state index contributed by atoms with van der Waals surface area (Å²) in [6, 6.07) is 9.61. The first-order valence-corrected chi connectivity index (χ1v) is 8.13. The average molecular weight is 303 g/mol. The average Bonchev–Trinajstić information content (AvgIpc) is 3.08. The monoisotopic (exact) mass is 303 g/mol. The van der Waals surface area contributed by atoms with E-state index in [0.29, 0.717) is 6.42 Å². The van der Waals surface area contributed by atoms with Gasteiger partial charge >= 0.3 is 0 Å². The molecule has 1 amide bonds. The number of thioether (sulfide) groups is 1. The molecule has 0 saturated carbocycles. The maximum absolute atomic E-state index is 12.8. The van der Waals surface area contributed by atoms with E-state index in [0.717, 1.165) is 30.2 Å². The number of benzene rings is 1. The molecule has 0 aliphatic carbocycles. The number of hydrogen-bond donors (Lipinski definition) is 0. The lowest BCUT2D eigenvalue weighted by Gasteiger charge is -2.30. The number of aromatic nitrogens is 4. The van der Waals surface area contributed by atoms with Gasteiger partial charge < -0.3 is 4.90 Å². The van der Waals surface area contributed by atoms with E-state index >= 15 is 0 Å². The van der Waals surface area contributed by atoms with Gasteiger partial charge in [0.1, 0.15) is 12.4 Å². The van der Waals surface area contributed by atoms with Crippen molar-refractivity contribution in [3.63, 3.8) is 0 Å². The summed E-state index contributed by atoms with van der Waals surface area (Å²) >= 11 is 1.89. The van der Waals surface area contributed by atoms with E-state index in [-0.39, 0.29) is 11.9 Å². The highest BCUT2D eigenvalue weighted by molar-refractivity contribution is 7.99. The fourth-order valence-corrected chi connectivity index (χ4v) is 3.34. The molecule has 1 saturated heterocycles. The van der Waals surface area contributed by atoms with E-state index in [9.17, 15) is 4.79 Å². The van der Waals surface area contributed by atoms with E-state index in [2.05, 4.69) is 15.5 Å². The second-order valence-corrected chi connectivity index (χ2v) is 6.16. The molecule has 1 aliphatic rings. The highest BCUT2D eigenvalue weighted by Gasteiger charge is 2.28. The molecule has 1 aromatic heterocycles. The molecule has 1 aliphatic heterocycles. The Hall–Kier alpha value is -1.89. The van der Waals surface area contributed by atoms with Gasteiger partial charge in [-0.2, -0.15) is 11.8 Å². The molecule has 1 atom stereocenters. The van der Waals surface area contributed by atoms with Crippen molar-refractivity contribution in [3.05, 3.63) is 42.2 Å². The van der Waals surface area contributed by atoms with Crippen LogP contribution in [0.15, 0.2) is 36.7 Å². The van der Waals surface area contributed by atoms with Crippen molar-refractivity contribution < 1.29 is 4.79 Å². The van der Waals surface area contributed by atoms with Crippen molar-refractivity contribution in [2.45, 2.75) is 12.5 Å².